The van der Waals surface area contributed by atoms with Crippen molar-refractivity contribution < 1.29 is 14.7 Å². The van der Waals surface area contributed by atoms with Gasteiger partial charge in [-0.05, 0) is 13.3 Å². The van der Waals surface area contributed by atoms with E-state index in [1.165, 1.54) is 0 Å². The van der Waals surface area contributed by atoms with E-state index in [1.807, 2.05) is 34.6 Å². The van der Waals surface area contributed by atoms with Crippen molar-refractivity contribution in [1.29, 1.82) is 0 Å². The topological polar surface area (TPSA) is 57.6 Å². The van der Waals surface area contributed by atoms with E-state index in [-0.39, 0.29) is 18.4 Å². The maximum absolute atomic E-state index is 12.1. The van der Waals surface area contributed by atoms with Crippen LogP contribution in [0.1, 0.15) is 47.5 Å². The zero-order valence-electron chi connectivity index (χ0n) is 10.9. The molecule has 0 aromatic carbocycles. The van der Waals surface area contributed by atoms with Crippen molar-refractivity contribution in [3.63, 3.8) is 0 Å². The molecule has 0 aromatic heterocycles. The van der Waals surface area contributed by atoms with Crippen LogP contribution in [-0.2, 0) is 9.59 Å². The molecule has 4 nitrogen and oxygen atoms in total. The second-order valence-corrected chi connectivity index (χ2v) is 5.15. The van der Waals surface area contributed by atoms with Gasteiger partial charge in [0, 0.05) is 18.0 Å². The van der Waals surface area contributed by atoms with Crippen LogP contribution < -0.4 is 0 Å². The molecule has 1 unspecified atom stereocenters. The molecule has 0 saturated carbocycles. The van der Waals surface area contributed by atoms with Gasteiger partial charge in [0.05, 0.1) is 6.42 Å². The van der Waals surface area contributed by atoms with Gasteiger partial charge in [0.15, 0.2) is 0 Å². The Labute approximate surface area is 97.6 Å². The lowest BCUT2D eigenvalue weighted by atomic mass is 9.93. The quantitative estimate of drug-likeness (QED) is 0.785. The Hall–Kier alpha value is -1.06. The lowest BCUT2D eigenvalue weighted by Crippen LogP contribution is -2.45. The Morgan fingerprint density at radius 2 is 1.81 bits per heavy atom. The van der Waals surface area contributed by atoms with Crippen LogP contribution in [0.15, 0.2) is 0 Å². The smallest absolute Gasteiger partial charge is 0.305 e. The van der Waals surface area contributed by atoms with E-state index in [2.05, 4.69) is 0 Å². The highest BCUT2D eigenvalue weighted by Gasteiger charge is 2.29. The van der Waals surface area contributed by atoms with Gasteiger partial charge < -0.3 is 10.0 Å². The molecule has 0 aliphatic rings. The summed E-state index contributed by atoms with van der Waals surface area (Å²) in [7, 11) is 0. The van der Waals surface area contributed by atoms with E-state index in [0.717, 1.165) is 6.42 Å². The molecule has 0 saturated heterocycles. The maximum atomic E-state index is 12.1. The summed E-state index contributed by atoms with van der Waals surface area (Å²) in [4.78, 5) is 24.3. The third-order valence-corrected chi connectivity index (χ3v) is 2.59. The lowest BCUT2D eigenvalue weighted by Gasteiger charge is -2.33. The summed E-state index contributed by atoms with van der Waals surface area (Å²) in [5.74, 6) is -0.849. The molecule has 94 valence electrons. The summed E-state index contributed by atoms with van der Waals surface area (Å²) in [6.45, 7) is 9.79. The van der Waals surface area contributed by atoms with Crippen LogP contribution in [0.2, 0.25) is 0 Å². The molecule has 0 aromatic rings. The number of carbonyl (C=O) groups excluding carboxylic acids is 1. The minimum atomic E-state index is -0.866. The van der Waals surface area contributed by atoms with Crippen molar-refractivity contribution in [2.24, 2.45) is 5.41 Å². The molecule has 0 bridgehead atoms. The van der Waals surface area contributed by atoms with Crippen LogP contribution in [0.5, 0.6) is 0 Å². The van der Waals surface area contributed by atoms with Crippen LogP contribution in [0.3, 0.4) is 0 Å². The van der Waals surface area contributed by atoms with Gasteiger partial charge in [0.25, 0.3) is 0 Å². The standard InChI is InChI=1S/C12H23NO3/c1-6-9(2)13(8-7-10(14)15)11(16)12(3,4)5/h9H,6-8H2,1-5H3,(H,14,15). The van der Waals surface area contributed by atoms with Gasteiger partial charge in [-0.15, -0.1) is 0 Å². The number of carbonyl (C=O) groups is 2. The molecule has 0 rings (SSSR count). The molecule has 0 aliphatic carbocycles. The predicted molar refractivity (Wildman–Crippen MR) is 63.2 cm³/mol. The second-order valence-electron chi connectivity index (χ2n) is 5.15. The van der Waals surface area contributed by atoms with E-state index < -0.39 is 11.4 Å². The Morgan fingerprint density at radius 3 is 2.12 bits per heavy atom. The minimum absolute atomic E-state index is 0.00611. The first-order valence-corrected chi connectivity index (χ1v) is 5.73. The number of nitrogens with zero attached hydrogens (tertiary/aromatic N) is 1. The number of carboxylic acid groups (broad SMARTS) is 1. The second kappa shape index (κ2) is 5.87. The van der Waals surface area contributed by atoms with E-state index in [9.17, 15) is 9.59 Å². The Bertz CT molecular complexity index is 255. The van der Waals surface area contributed by atoms with Crippen LogP contribution in [0.4, 0.5) is 0 Å². The molecule has 1 atom stereocenters. The molecule has 0 fully saturated rings. The SMILES string of the molecule is CCC(C)N(CCC(=O)O)C(=O)C(C)(C)C. The third-order valence-electron chi connectivity index (χ3n) is 2.59. The molecule has 0 radical (unpaired) electrons. The average molecular weight is 229 g/mol. The number of hydrogen-bond acceptors (Lipinski definition) is 2. The van der Waals surface area contributed by atoms with Gasteiger partial charge in [-0.3, -0.25) is 9.59 Å². The monoisotopic (exact) mass is 229 g/mol. The van der Waals surface area contributed by atoms with Gasteiger partial charge in [-0.2, -0.15) is 0 Å². The Kier molecular flexibility index (Phi) is 5.48. The fraction of sp³-hybridized carbons (Fsp3) is 0.833. The van der Waals surface area contributed by atoms with E-state index in [1.54, 1.807) is 4.90 Å². The predicted octanol–water partition coefficient (Wildman–Crippen LogP) is 2.13. The summed E-state index contributed by atoms with van der Waals surface area (Å²) in [6, 6.07) is 0.0890. The fourth-order valence-electron chi connectivity index (χ4n) is 1.39. The van der Waals surface area contributed by atoms with Crippen LogP contribution in [0.25, 0.3) is 0 Å². The number of amides is 1. The highest BCUT2D eigenvalue weighted by atomic mass is 16.4. The van der Waals surface area contributed by atoms with Crippen molar-refractivity contribution in [3.8, 4) is 0 Å². The van der Waals surface area contributed by atoms with Crippen LogP contribution in [0, 0.1) is 5.41 Å². The summed E-state index contributed by atoms with van der Waals surface area (Å²) >= 11 is 0. The van der Waals surface area contributed by atoms with Crippen molar-refractivity contribution in [3.05, 3.63) is 0 Å². The summed E-state index contributed by atoms with van der Waals surface area (Å²) in [6.07, 6.45) is 0.841. The highest BCUT2D eigenvalue weighted by molar-refractivity contribution is 5.82. The summed E-state index contributed by atoms with van der Waals surface area (Å²) in [5.41, 5.74) is -0.456. The molecule has 1 N–H and O–H groups in total. The largest absolute Gasteiger partial charge is 0.481 e. The Balaban J connectivity index is 4.67. The Morgan fingerprint density at radius 1 is 1.31 bits per heavy atom. The third kappa shape index (κ3) is 4.64. The lowest BCUT2D eigenvalue weighted by molar-refractivity contribution is -0.143. The molecule has 4 heteroatoms. The van der Waals surface area contributed by atoms with Gasteiger partial charge in [0.1, 0.15) is 0 Å². The zero-order chi connectivity index (χ0) is 12.9. The molecule has 0 heterocycles. The first-order chi connectivity index (χ1) is 7.20. The number of aliphatic carboxylic acids is 1. The minimum Gasteiger partial charge on any atom is -0.481 e. The fourth-order valence-corrected chi connectivity index (χ4v) is 1.39. The first kappa shape index (κ1) is 14.9. The van der Waals surface area contributed by atoms with Gasteiger partial charge in [-0.1, -0.05) is 27.7 Å². The van der Waals surface area contributed by atoms with Gasteiger partial charge >= 0.3 is 5.97 Å². The van der Waals surface area contributed by atoms with E-state index in [0.29, 0.717) is 6.54 Å². The molecular weight excluding hydrogens is 206 g/mol. The normalized spacial score (nSPS) is 13.3. The zero-order valence-corrected chi connectivity index (χ0v) is 10.9. The maximum Gasteiger partial charge on any atom is 0.305 e. The molecular formula is C12H23NO3. The van der Waals surface area contributed by atoms with E-state index >= 15 is 0 Å². The van der Waals surface area contributed by atoms with Crippen molar-refractivity contribution >= 4 is 11.9 Å². The van der Waals surface area contributed by atoms with Crippen LogP contribution >= 0.6 is 0 Å². The van der Waals surface area contributed by atoms with Crippen LogP contribution in [-0.4, -0.2) is 34.5 Å². The molecule has 16 heavy (non-hydrogen) atoms. The van der Waals surface area contributed by atoms with Crippen molar-refractivity contribution in [2.75, 3.05) is 6.54 Å². The number of rotatable bonds is 5. The van der Waals surface area contributed by atoms with Crippen molar-refractivity contribution in [1.82, 2.24) is 4.90 Å². The van der Waals surface area contributed by atoms with Crippen molar-refractivity contribution in [2.45, 2.75) is 53.5 Å². The van der Waals surface area contributed by atoms with E-state index in [4.69, 9.17) is 5.11 Å². The number of hydrogen-bond donors (Lipinski definition) is 1. The average Bonchev–Trinajstić information content (AvgIpc) is 2.15. The van der Waals surface area contributed by atoms with Gasteiger partial charge in [0.2, 0.25) is 5.91 Å². The molecule has 1 amide bonds. The first-order valence-electron chi connectivity index (χ1n) is 5.73. The van der Waals surface area contributed by atoms with Gasteiger partial charge in [-0.25, -0.2) is 0 Å². The highest BCUT2D eigenvalue weighted by Crippen LogP contribution is 2.20. The molecule has 0 spiro atoms. The number of carboxylic acids is 1. The summed E-state index contributed by atoms with van der Waals surface area (Å²) < 4.78 is 0. The molecule has 0 aliphatic heterocycles. The summed E-state index contributed by atoms with van der Waals surface area (Å²) in [5, 5.41) is 8.66.